The van der Waals surface area contributed by atoms with E-state index in [-0.39, 0.29) is 16.8 Å². The highest BCUT2D eigenvalue weighted by molar-refractivity contribution is 6.33. The largest absolute Gasteiger partial charge is 0.377 e. The number of morpholine rings is 1. The van der Waals surface area contributed by atoms with Gasteiger partial charge in [-0.2, -0.15) is 5.10 Å². The number of hydrogen-bond donors (Lipinski definition) is 0. The predicted molar refractivity (Wildman–Crippen MR) is 102 cm³/mol. The summed E-state index contributed by atoms with van der Waals surface area (Å²) in [5, 5.41) is 15.7. The van der Waals surface area contributed by atoms with Crippen molar-refractivity contribution in [2.45, 2.75) is 12.6 Å². The standard InChI is InChI=1S/C18H17ClN6O3/c19-15-8-14(25(26)27)9-20-18(15)24-6-7-28-11-16(24)17-21-12-23(22-17)10-13-4-2-1-3-5-13/h1-5,8-9,12,16H,6-7,10-11H2/t16-/m0/s1. The SMILES string of the molecule is O=[N+]([O-])c1cnc(N2CCOC[C@H]2c2ncn(Cc3ccccc3)n2)c(Cl)c1. The van der Waals surface area contributed by atoms with E-state index in [1.807, 2.05) is 35.2 Å². The first-order valence-corrected chi connectivity index (χ1v) is 9.07. The Morgan fingerprint density at radius 2 is 2.11 bits per heavy atom. The maximum atomic E-state index is 10.9. The number of hydrogen-bond acceptors (Lipinski definition) is 7. The molecular weight excluding hydrogens is 384 g/mol. The third-order valence-electron chi connectivity index (χ3n) is 4.46. The number of nitro groups is 1. The lowest BCUT2D eigenvalue weighted by Gasteiger charge is -2.35. The second-order valence-electron chi connectivity index (χ2n) is 6.33. The number of benzene rings is 1. The molecule has 2 aromatic heterocycles. The number of pyridine rings is 1. The molecule has 1 fully saturated rings. The Labute approximate surface area is 165 Å². The Hall–Kier alpha value is -3.04. The highest BCUT2D eigenvalue weighted by Gasteiger charge is 2.31. The number of nitrogens with zero attached hydrogens (tertiary/aromatic N) is 6. The van der Waals surface area contributed by atoms with Crippen LogP contribution in [-0.2, 0) is 11.3 Å². The van der Waals surface area contributed by atoms with Crippen molar-refractivity contribution >= 4 is 23.1 Å². The fourth-order valence-electron chi connectivity index (χ4n) is 3.11. The summed E-state index contributed by atoms with van der Waals surface area (Å²) >= 11 is 6.28. The van der Waals surface area contributed by atoms with Crippen molar-refractivity contribution in [2.24, 2.45) is 0 Å². The van der Waals surface area contributed by atoms with Gasteiger partial charge in [-0.15, -0.1) is 0 Å². The molecule has 1 aliphatic rings. The van der Waals surface area contributed by atoms with Gasteiger partial charge >= 0.3 is 0 Å². The number of aromatic nitrogens is 4. The van der Waals surface area contributed by atoms with E-state index in [0.29, 0.717) is 37.9 Å². The molecule has 144 valence electrons. The van der Waals surface area contributed by atoms with Crippen LogP contribution in [0.4, 0.5) is 11.5 Å². The van der Waals surface area contributed by atoms with Crippen molar-refractivity contribution in [3.8, 4) is 0 Å². The summed E-state index contributed by atoms with van der Waals surface area (Å²) in [7, 11) is 0. The molecule has 0 aliphatic carbocycles. The Morgan fingerprint density at radius 3 is 2.86 bits per heavy atom. The quantitative estimate of drug-likeness (QED) is 0.479. The van der Waals surface area contributed by atoms with Crippen molar-refractivity contribution in [1.29, 1.82) is 0 Å². The summed E-state index contributed by atoms with van der Waals surface area (Å²) < 4.78 is 7.37. The van der Waals surface area contributed by atoms with E-state index < -0.39 is 4.92 Å². The molecule has 0 N–H and O–H groups in total. The first kappa shape index (κ1) is 18.3. The molecule has 1 atom stereocenters. The summed E-state index contributed by atoms with van der Waals surface area (Å²) in [6.45, 7) is 2.01. The summed E-state index contributed by atoms with van der Waals surface area (Å²) in [6, 6.07) is 11.0. The van der Waals surface area contributed by atoms with Crippen LogP contribution in [0.25, 0.3) is 0 Å². The van der Waals surface area contributed by atoms with E-state index in [0.717, 1.165) is 5.56 Å². The molecule has 0 radical (unpaired) electrons. The van der Waals surface area contributed by atoms with Gasteiger partial charge in [-0.1, -0.05) is 41.9 Å². The van der Waals surface area contributed by atoms with E-state index in [1.165, 1.54) is 12.3 Å². The lowest BCUT2D eigenvalue weighted by molar-refractivity contribution is -0.385. The molecule has 0 saturated carbocycles. The Kier molecular flexibility index (Phi) is 5.18. The Bertz CT molecular complexity index is 980. The van der Waals surface area contributed by atoms with Crippen LogP contribution in [0.1, 0.15) is 17.4 Å². The van der Waals surface area contributed by atoms with Crippen molar-refractivity contribution in [3.05, 3.63) is 75.4 Å². The molecule has 4 rings (SSSR count). The molecule has 28 heavy (non-hydrogen) atoms. The normalized spacial score (nSPS) is 16.9. The van der Waals surface area contributed by atoms with Gasteiger partial charge in [-0.3, -0.25) is 10.1 Å². The van der Waals surface area contributed by atoms with E-state index in [1.54, 1.807) is 11.0 Å². The van der Waals surface area contributed by atoms with Crippen LogP contribution in [0.15, 0.2) is 48.9 Å². The smallest absolute Gasteiger partial charge is 0.289 e. The molecule has 0 amide bonds. The second-order valence-corrected chi connectivity index (χ2v) is 6.73. The van der Waals surface area contributed by atoms with Crippen LogP contribution in [0.3, 0.4) is 0 Å². The zero-order valence-electron chi connectivity index (χ0n) is 14.8. The third kappa shape index (κ3) is 3.80. The molecule has 1 aromatic carbocycles. The van der Waals surface area contributed by atoms with Gasteiger partial charge in [0.1, 0.15) is 24.4 Å². The minimum absolute atomic E-state index is 0.149. The van der Waals surface area contributed by atoms with E-state index >= 15 is 0 Å². The summed E-state index contributed by atoms with van der Waals surface area (Å²) in [5.74, 6) is 1.05. The zero-order chi connectivity index (χ0) is 19.5. The first-order chi connectivity index (χ1) is 13.6. The number of ether oxygens (including phenoxy) is 1. The molecule has 0 spiro atoms. The van der Waals surface area contributed by atoms with Crippen LogP contribution < -0.4 is 4.90 Å². The fourth-order valence-corrected chi connectivity index (χ4v) is 3.38. The van der Waals surface area contributed by atoms with Gasteiger partial charge in [0.2, 0.25) is 0 Å². The summed E-state index contributed by atoms with van der Waals surface area (Å²) in [4.78, 5) is 21.0. The maximum absolute atomic E-state index is 10.9. The molecule has 3 aromatic rings. The van der Waals surface area contributed by atoms with Gasteiger partial charge in [-0.25, -0.2) is 14.6 Å². The van der Waals surface area contributed by atoms with E-state index in [9.17, 15) is 10.1 Å². The topological polar surface area (TPSA) is 99.2 Å². The van der Waals surface area contributed by atoms with Crippen LogP contribution in [-0.4, -0.2) is 44.4 Å². The first-order valence-electron chi connectivity index (χ1n) is 8.69. The fraction of sp³-hybridized carbons (Fsp3) is 0.278. The molecular formula is C18H17ClN6O3. The van der Waals surface area contributed by atoms with Gasteiger partial charge in [0.25, 0.3) is 5.69 Å². The molecule has 10 heteroatoms. The molecule has 1 aliphatic heterocycles. The minimum atomic E-state index is -0.522. The van der Waals surface area contributed by atoms with Crippen molar-refractivity contribution in [2.75, 3.05) is 24.7 Å². The average molecular weight is 401 g/mol. The van der Waals surface area contributed by atoms with Crippen LogP contribution >= 0.6 is 11.6 Å². The number of anilines is 1. The zero-order valence-corrected chi connectivity index (χ0v) is 15.6. The summed E-state index contributed by atoms with van der Waals surface area (Å²) in [6.07, 6.45) is 2.88. The lowest BCUT2D eigenvalue weighted by atomic mass is 10.2. The molecule has 0 bridgehead atoms. The van der Waals surface area contributed by atoms with Gasteiger partial charge in [0.05, 0.1) is 29.7 Å². The Morgan fingerprint density at radius 1 is 1.29 bits per heavy atom. The predicted octanol–water partition coefficient (Wildman–Crippen LogP) is 2.86. The van der Waals surface area contributed by atoms with Crippen LogP contribution in [0.5, 0.6) is 0 Å². The van der Waals surface area contributed by atoms with E-state index in [2.05, 4.69) is 15.1 Å². The van der Waals surface area contributed by atoms with E-state index in [4.69, 9.17) is 16.3 Å². The third-order valence-corrected chi connectivity index (χ3v) is 4.74. The van der Waals surface area contributed by atoms with Crippen molar-refractivity contribution in [3.63, 3.8) is 0 Å². The minimum Gasteiger partial charge on any atom is -0.377 e. The van der Waals surface area contributed by atoms with Crippen molar-refractivity contribution in [1.82, 2.24) is 19.7 Å². The number of rotatable bonds is 5. The summed E-state index contributed by atoms with van der Waals surface area (Å²) in [5.41, 5.74) is 0.972. The average Bonchev–Trinajstić information content (AvgIpc) is 3.17. The maximum Gasteiger partial charge on any atom is 0.289 e. The van der Waals surface area contributed by atoms with Gasteiger partial charge in [0, 0.05) is 12.6 Å². The highest BCUT2D eigenvalue weighted by Crippen LogP contribution is 2.33. The molecule has 0 unspecified atom stereocenters. The highest BCUT2D eigenvalue weighted by atomic mass is 35.5. The lowest BCUT2D eigenvalue weighted by Crippen LogP contribution is -2.40. The monoisotopic (exact) mass is 400 g/mol. The Balaban J connectivity index is 1.59. The number of halogens is 1. The van der Waals surface area contributed by atoms with Gasteiger partial charge in [-0.05, 0) is 5.56 Å². The van der Waals surface area contributed by atoms with Crippen LogP contribution in [0.2, 0.25) is 5.02 Å². The van der Waals surface area contributed by atoms with Crippen molar-refractivity contribution < 1.29 is 9.66 Å². The van der Waals surface area contributed by atoms with Gasteiger partial charge in [0.15, 0.2) is 5.82 Å². The second kappa shape index (κ2) is 7.91. The van der Waals surface area contributed by atoms with Crippen LogP contribution in [0, 0.1) is 10.1 Å². The van der Waals surface area contributed by atoms with Gasteiger partial charge < -0.3 is 9.64 Å². The molecule has 3 heterocycles. The molecule has 9 nitrogen and oxygen atoms in total. The molecule has 1 saturated heterocycles.